The average molecular weight is 961 g/mol. The Kier molecular flexibility index (Phi) is 25.9. The number of alkyl halides is 1. The van der Waals surface area contributed by atoms with E-state index in [0.29, 0.717) is 17.2 Å². The third kappa shape index (κ3) is 20.8. The molecule has 0 atom stereocenters. The van der Waals surface area contributed by atoms with Crippen LogP contribution in [0.4, 0.5) is 4.79 Å². The summed E-state index contributed by atoms with van der Waals surface area (Å²) in [4.78, 5) is 41.6. The number of aromatic nitrogens is 4. The van der Waals surface area contributed by atoms with Crippen molar-refractivity contribution < 1.29 is 63.7 Å². The second-order valence-electron chi connectivity index (χ2n) is 13.0. The molecule has 20 heteroatoms. The molecule has 334 valence electrons. The van der Waals surface area contributed by atoms with E-state index < -0.39 is 17.7 Å². The zero-order valence-electron chi connectivity index (χ0n) is 36.5. The Labute approximate surface area is 404 Å². The molecule has 7 aromatic rings. The molecule has 0 aliphatic carbocycles. The zero-order chi connectivity index (χ0) is 46.1. The molecule has 0 amide bonds. The fraction of sp³-hybridized carbons (Fsp3) is 0.156. The molecule has 2 aromatic heterocycles. The van der Waals surface area contributed by atoms with Gasteiger partial charge in [-0.25, -0.2) is 14.4 Å². The predicted octanol–water partition coefficient (Wildman–Crippen LogP) is 4.83. The number of nitriles is 1. The minimum Gasteiger partial charge on any atom is -0.870 e. The Bertz CT molecular complexity index is 2760. The first-order valence-electron chi connectivity index (χ1n) is 18.8. The van der Waals surface area contributed by atoms with E-state index in [9.17, 15) is 14.4 Å². The SMILES string of the molecule is CCOC(=O)ON=C(N)c1cccc(C)c1.Cc1cccc(-c2noc(=O)[nH]2)c1.Cc1cccc(C#N)c1.Cc1cccc(C(N)=NO)c1.O=c1[nH]c(-c2cccc(CBr)c2)no1.[Na+].[OH-]. The van der Waals surface area contributed by atoms with E-state index in [2.05, 4.69) is 71.2 Å². The number of carbonyl (C=O) groups excluding carboxylic acids is 1. The smallest absolute Gasteiger partial charge is 0.870 e. The maximum Gasteiger partial charge on any atom is 1.00 e. The molecule has 0 radical (unpaired) electrons. The van der Waals surface area contributed by atoms with Crippen molar-refractivity contribution in [3.8, 4) is 28.8 Å². The van der Waals surface area contributed by atoms with Gasteiger partial charge < -0.3 is 26.9 Å². The Balaban J connectivity index is 0.000000408. The summed E-state index contributed by atoms with van der Waals surface area (Å²) in [5.41, 5.74) is 20.4. The summed E-state index contributed by atoms with van der Waals surface area (Å²) in [6.07, 6.45) is -0.863. The number of ether oxygens (including phenoxy) is 1. The molecule has 0 bridgehead atoms. The van der Waals surface area contributed by atoms with Gasteiger partial charge in [0, 0.05) is 27.6 Å². The molecule has 2 heterocycles. The van der Waals surface area contributed by atoms with Crippen molar-refractivity contribution >= 4 is 33.8 Å². The second-order valence-corrected chi connectivity index (χ2v) is 13.6. The number of nitrogens with one attached hydrogen (secondary N) is 2. The summed E-state index contributed by atoms with van der Waals surface area (Å²) >= 11 is 3.35. The van der Waals surface area contributed by atoms with Crippen molar-refractivity contribution in [3.05, 3.63) is 187 Å². The van der Waals surface area contributed by atoms with Gasteiger partial charge in [-0.05, 0) is 82.1 Å². The van der Waals surface area contributed by atoms with E-state index in [0.717, 1.165) is 55.4 Å². The zero-order valence-corrected chi connectivity index (χ0v) is 40.1. The first kappa shape index (κ1) is 55.9. The van der Waals surface area contributed by atoms with Crippen LogP contribution >= 0.6 is 15.9 Å². The van der Waals surface area contributed by atoms with Gasteiger partial charge in [-0.2, -0.15) is 5.26 Å². The van der Waals surface area contributed by atoms with Crippen LogP contribution in [0.25, 0.3) is 22.8 Å². The van der Waals surface area contributed by atoms with E-state index >= 15 is 0 Å². The third-order valence-electron chi connectivity index (χ3n) is 7.89. The third-order valence-corrected chi connectivity index (χ3v) is 8.54. The summed E-state index contributed by atoms with van der Waals surface area (Å²) < 4.78 is 13.3. The van der Waals surface area contributed by atoms with Gasteiger partial charge >= 0.3 is 47.2 Å². The standard InChI is InChI=1S/C11H14N2O3.C9H7BrN2O2.C9H8N2O2.C8H10N2O.C8H7N.Na.H2O/c1-3-15-11(14)16-13-10(12)9-6-4-5-8(2)7-9;10-5-6-2-1-3-7(4-6)8-11-9(13)14-12-8;1-6-3-2-4-7(5-6)8-10-9(12)13-11-8;1-6-3-2-4-7(5-6)8(9)10-11;1-7-3-2-4-8(5-7)6-9;;/h4-7H,3H2,1-2H3,(H2,12,13);1-4H,5H2,(H,11,12,13);2-5H,1H3,(H,10,11,12);2-5,11H,1H3,(H2,9,10);2-5H,1H3;;1H2/q;;;;;+1;/p-1. The monoisotopic (exact) mass is 959 g/mol. The van der Waals surface area contributed by atoms with Crippen LogP contribution in [0.1, 0.15) is 51.4 Å². The van der Waals surface area contributed by atoms with E-state index in [4.69, 9.17) is 21.9 Å². The number of halogens is 1. The summed E-state index contributed by atoms with van der Waals surface area (Å²) in [5, 5.41) is 31.1. The van der Waals surface area contributed by atoms with Gasteiger partial charge in [0.1, 0.15) is 0 Å². The van der Waals surface area contributed by atoms with E-state index in [-0.39, 0.29) is 53.3 Å². The van der Waals surface area contributed by atoms with Crippen molar-refractivity contribution in [1.82, 2.24) is 20.3 Å². The van der Waals surface area contributed by atoms with Crippen LogP contribution in [0.2, 0.25) is 0 Å². The Morgan fingerprint density at radius 1 is 0.738 bits per heavy atom. The van der Waals surface area contributed by atoms with E-state index in [1.807, 2.05) is 131 Å². The number of carbonyl (C=O) groups is 1. The molecule has 0 aliphatic rings. The first-order valence-corrected chi connectivity index (χ1v) is 20.0. The summed E-state index contributed by atoms with van der Waals surface area (Å²) in [5.74, 6) is 0.137. The van der Waals surface area contributed by atoms with Gasteiger partial charge in [0.25, 0.3) is 0 Å². The van der Waals surface area contributed by atoms with Gasteiger partial charge in [0.15, 0.2) is 23.3 Å². The maximum absolute atomic E-state index is 10.8. The van der Waals surface area contributed by atoms with Crippen molar-refractivity contribution in [2.45, 2.75) is 39.9 Å². The molecule has 65 heavy (non-hydrogen) atoms. The number of nitrogens with zero attached hydrogens (tertiary/aromatic N) is 5. The number of hydrogen-bond donors (Lipinski definition) is 5. The topological polar surface area (TPSA) is 304 Å². The minimum absolute atomic E-state index is 0. The summed E-state index contributed by atoms with van der Waals surface area (Å²) in [6, 6.07) is 39.8. The molecule has 0 aliphatic heterocycles. The quantitative estimate of drug-likeness (QED) is 0.0209. The molecule has 0 unspecified atom stereocenters. The van der Waals surface area contributed by atoms with Gasteiger partial charge in [-0.1, -0.05) is 138 Å². The molecule has 5 aromatic carbocycles. The van der Waals surface area contributed by atoms with Gasteiger partial charge in [-0.3, -0.25) is 23.9 Å². The molecule has 0 fully saturated rings. The maximum atomic E-state index is 10.8. The van der Waals surface area contributed by atoms with Crippen molar-refractivity contribution in [1.29, 1.82) is 5.26 Å². The molecule has 0 spiro atoms. The van der Waals surface area contributed by atoms with Gasteiger partial charge in [0.05, 0.1) is 18.2 Å². The predicted molar refractivity (Wildman–Crippen MR) is 244 cm³/mol. The van der Waals surface area contributed by atoms with Crippen LogP contribution in [0.15, 0.2) is 150 Å². The number of nitrogens with two attached hydrogens (primary N) is 2. The fourth-order valence-electron chi connectivity index (χ4n) is 4.97. The first-order chi connectivity index (χ1) is 30.2. The molecule has 18 nitrogen and oxygen atoms in total. The van der Waals surface area contributed by atoms with Crippen LogP contribution in [-0.2, 0) is 14.9 Å². The second kappa shape index (κ2) is 30.1. The number of benzene rings is 5. The van der Waals surface area contributed by atoms with Crippen molar-refractivity contribution in [3.63, 3.8) is 0 Å². The van der Waals surface area contributed by atoms with Gasteiger partial charge in [0.2, 0.25) is 0 Å². The Morgan fingerprint density at radius 2 is 1.20 bits per heavy atom. The van der Waals surface area contributed by atoms with Crippen LogP contribution in [0.5, 0.6) is 0 Å². The molecule has 0 saturated heterocycles. The molecular weight excluding hydrogens is 913 g/mol. The van der Waals surface area contributed by atoms with Crippen LogP contribution in [0, 0.1) is 39.0 Å². The molecule has 8 N–H and O–H groups in total. The Hall–Kier alpha value is -7.08. The normalized spacial score (nSPS) is 10.1. The molecular formula is C45H47BrN9NaO9. The van der Waals surface area contributed by atoms with Crippen LogP contribution < -0.4 is 52.5 Å². The summed E-state index contributed by atoms with van der Waals surface area (Å²) in [7, 11) is 0. The number of amidine groups is 2. The van der Waals surface area contributed by atoms with E-state index in [1.54, 1.807) is 25.1 Å². The number of rotatable bonds is 7. The van der Waals surface area contributed by atoms with Gasteiger partial charge in [-0.15, -0.1) is 0 Å². The number of aryl methyl sites for hydroxylation is 4. The largest absolute Gasteiger partial charge is 1.00 e. The number of oxime groups is 2. The molecule has 0 saturated carbocycles. The van der Waals surface area contributed by atoms with Crippen molar-refractivity contribution in [2.24, 2.45) is 21.8 Å². The minimum atomic E-state index is -0.863. The number of H-pyrrole nitrogens is 2. The molecule has 7 rings (SSSR count). The average Bonchev–Trinajstić information content (AvgIpc) is 3.94. The van der Waals surface area contributed by atoms with Crippen LogP contribution in [-0.4, -0.2) is 55.4 Å². The Morgan fingerprint density at radius 3 is 1.62 bits per heavy atom. The van der Waals surface area contributed by atoms with E-state index in [1.165, 1.54) is 0 Å². The van der Waals surface area contributed by atoms with Crippen molar-refractivity contribution in [2.75, 3.05) is 6.61 Å². The van der Waals surface area contributed by atoms with Crippen LogP contribution in [0.3, 0.4) is 0 Å². The fourth-order valence-corrected chi connectivity index (χ4v) is 5.32. The number of hydrogen-bond acceptors (Lipinski definition) is 14. The summed E-state index contributed by atoms with van der Waals surface area (Å²) in [6.45, 7) is 9.74. The number of aromatic amines is 2.